The van der Waals surface area contributed by atoms with Crippen molar-refractivity contribution in [2.45, 2.75) is 25.9 Å². The third kappa shape index (κ3) is 3.18. The van der Waals surface area contributed by atoms with Crippen LogP contribution in [0.3, 0.4) is 0 Å². The molecule has 0 fully saturated rings. The molecule has 1 atom stereocenters. The van der Waals surface area contributed by atoms with Gasteiger partial charge >= 0.3 is 5.97 Å². The molecule has 1 aromatic carbocycles. The van der Waals surface area contributed by atoms with Crippen LogP contribution in [-0.4, -0.2) is 16.2 Å². The second-order valence-corrected chi connectivity index (χ2v) is 5.36. The van der Waals surface area contributed by atoms with Crippen molar-refractivity contribution in [1.29, 1.82) is 0 Å². The number of ether oxygens (including phenoxy) is 1. The number of rotatable bonds is 5. The molecule has 1 heterocycles. The van der Waals surface area contributed by atoms with Gasteiger partial charge in [0, 0.05) is 0 Å². The minimum atomic E-state index is -1.03. The smallest absolute Gasteiger partial charge is 0.341 e. The van der Waals surface area contributed by atoms with Crippen molar-refractivity contribution in [2.75, 3.05) is 0 Å². The van der Waals surface area contributed by atoms with Crippen LogP contribution < -0.4 is 0 Å². The Morgan fingerprint density at radius 2 is 2.17 bits per heavy atom. The number of allylic oxidation sites excluding steroid dienone is 4. The Morgan fingerprint density at radius 3 is 2.91 bits per heavy atom. The lowest BCUT2D eigenvalue weighted by Crippen LogP contribution is -2.12. The number of nitrogens with zero attached hydrogens (tertiary/aromatic N) is 1. The molecule has 0 radical (unpaired) electrons. The third-order valence-corrected chi connectivity index (χ3v) is 3.79. The van der Waals surface area contributed by atoms with Crippen LogP contribution in [0.2, 0.25) is 0 Å². The number of hydrogen-bond donors (Lipinski definition) is 1. The van der Waals surface area contributed by atoms with Crippen LogP contribution in [0.25, 0.3) is 0 Å². The van der Waals surface area contributed by atoms with Crippen LogP contribution in [-0.2, 0) is 11.3 Å². The Balaban J connectivity index is 1.83. The van der Waals surface area contributed by atoms with Gasteiger partial charge < -0.3 is 14.4 Å². The Hall–Kier alpha value is -2.82. The van der Waals surface area contributed by atoms with E-state index in [1.807, 2.05) is 48.6 Å². The molecule has 5 heteroatoms. The lowest BCUT2D eigenvalue weighted by Gasteiger charge is -2.20. The predicted molar refractivity (Wildman–Crippen MR) is 84.0 cm³/mol. The molecule has 1 aliphatic carbocycles. The van der Waals surface area contributed by atoms with Crippen LogP contribution >= 0.6 is 0 Å². The normalized spacial score (nSPS) is 16.9. The average molecular weight is 311 g/mol. The highest BCUT2D eigenvalue weighted by atomic mass is 16.5. The van der Waals surface area contributed by atoms with E-state index < -0.39 is 5.97 Å². The largest absolute Gasteiger partial charge is 0.493 e. The van der Waals surface area contributed by atoms with Crippen molar-refractivity contribution in [3.05, 3.63) is 76.9 Å². The van der Waals surface area contributed by atoms with E-state index >= 15 is 0 Å². The van der Waals surface area contributed by atoms with Gasteiger partial charge in [0.15, 0.2) is 0 Å². The molecule has 1 aromatic heterocycles. The zero-order valence-electron chi connectivity index (χ0n) is 12.7. The van der Waals surface area contributed by atoms with Gasteiger partial charge in [-0.05, 0) is 25.0 Å². The summed E-state index contributed by atoms with van der Waals surface area (Å²) in [5.74, 6) is -0.264. The molecule has 23 heavy (non-hydrogen) atoms. The van der Waals surface area contributed by atoms with Crippen molar-refractivity contribution < 1.29 is 19.2 Å². The minimum Gasteiger partial charge on any atom is -0.493 e. The number of aryl methyl sites for hydroxylation is 1. The summed E-state index contributed by atoms with van der Waals surface area (Å²) in [7, 11) is 0. The Labute approximate surface area is 133 Å². The molecule has 3 rings (SSSR count). The fourth-order valence-electron chi connectivity index (χ4n) is 2.63. The highest BCUT2D eigenvalue weighted by Crippen LogP contribution is 2.34. The molecule has 1 unspecified atom stereocenters. The SMILES string of the molecule is Cc1onc(C2CC=CC=C2OCc2ccccc2)c1C(=O)O. The average Bonchev–Trinajstić information content (AvgIpc) is 2.96. The van der Waals surface area contributed by atoms with E-state index in [1.54, 1.807) is 6.92 Å². The number of carboxylic acid groups (broad SMARTS) is 1. The number of aromatic nitrogens is 1. The van der Waals surface area contributed by atoms with Crippen molar-refractivity contribution in [1.82, 2.24) is 5.16 Å². The molecule has 0 bridgehead atoms. The number of aromatic carboxylic acids is 1. The van der Waals surface area contributed by atoms with Crippen molar-refractivity contribution >= 4 is 5.97 Å². The molecule has 0 saturated heterocycles. The summed E-state index contributed by atoms with van der Waals surface area (Å²) >= 11 is 0. The predicted octanol–water partition coefficient (Wildman–Crippen LogP) is 3.83. The summed E-state index contributed by atoms with van der Waals surface area (Å²) < 4.78 is 11.0. The number of carbonyl (C=O) groups is 1. The lowest BCUT2D eigenvalue weighted by atomic mass is 9.92. The molecule has 0 saturated carbocycles. The van der Waals surface area contributed by atoms with Crippen LogP contribution in [0.5, 0.6) is 0 Å². The third-order valence-electron chi connectivity index (χ3n) is 3.79. The Morgan fingerprint density at radius 1 is 1.39 bits per heavy atom. The maximum absolute atomic E-state index is 11.5. The topological polar surface area (TPSA) is 72.6 Å². The van der Waals surface area contributed by atoms with E-state index in [4.69, 9.17) is 9.26 Å². The van der Waals surface area contributed by atoms with Gasteiger partial charge in [-0.3, -0.25) is 0 Å². The first-order valence-electron chi connectivity index (χ1n) is 7.39. The highest BCUT2D eigenvalue weighted by Gasteiger charge is 2.30. The first kappa shape index (κ1) is 15.1. The fourth-order valence-corrected chi connectivity index (χ4v) is 2.63. The van der Waals surface area contributed by atoms with Gasteiger partial charge in [0.2, 0.25) is 0 Å². The standard InChI is InChI=1S/C18H17NO4/c1-12-16(18(20)21)17(19-23-12)14-9-5-6-10-15(14)22-11-13-7-3-2-4-8-13/h2-8,10,14H,9,11H2,1H3,(H,20,21). The zero-order valence-corrected chi connectivity index (χ0v) is 12.7. The van der Waals surface area contributed by atoms with E-state index in [1.165, 1.54) is 0 Å². The summed E-state index contributed by atoms with van der Waals surface area (Å²) in [5, 5.41) is 13.3. The monoisotopic (exact) mass is 311 g/mol. The van der Waals surface area contributed by atoms with Crippen LogP contribution in [0.1, 0.15) is 39.7 Å². The van der Waals surface area contributed by atoms with Gasteiger partial charge in [-0.1, -0.05) is 47.6 Å². The van der Waals surface area contributed by atoms with Crippen molar-refractivity contribution in [2.24, 2.45) is 0 Å². The number of hydrogen-bond acceptors (Lipinski definition) is 4. The van der Waals surface area contributed by atoms with Gasteiger partial charge in [-0.2, -0.15) is 0 Å². The first-order chi connectivity index (χ1) is 11.2. The number of benzene rings is 1. The molecule has 5 nitrogen and oxygen atoms in total. The highest BCUT2D eigenvalue weighted by molar-refractivity contribution is 5.90. The summed E-state index contributed by atoms with van der Waals surface area (Å²) in [4.78, 5) is 11.5. The summed E-state index contributed by atoms with van der Waals surface area (Å²) in [5.41, 5.74) is 1.59. The van der Waals surface area contributed by atoms with Gasteiger partial charge in [-0.15, -0.1) is 0 Å². The van der Waals surface area contributed by atoms with Gasteiger partial charge in [-0.25, -0.2) is 4.79 Å². The van der Waals surface area contributed by atoms with Crippen molar-refractivity contribution in [3.8, 4) is 0 Å². The molecule has 0 spiro atoms. The van der Waals surface area contributed by atoms with E-state index in [-0.39, 0.29) is 11.5 Å². The maximum atomic E-state index is 11.5. The molecular weight excluding hydrogens is 294 g/mol. The number of carboxylic acids is 1. The molecular formula is C18H17NO4. The van der Waals surface area contributed by atoms with E-state index in [0.29, 0.717) is 30.2 Å². The van der Waals surface area contributed by atoms with Crippen LogP contribution in [0.4, 0.5) is 0 Å². The van der Waals surface area contributed by atoms with Crippen LogP contribution in [0, 0.1) is 6.92 Å². The molecule has 0 amide bonds. The van der Waals surface area contributed by atoms with E-state index in [0.717, 1.165) is 5.56 Å². The first-order valence-corrected chi connectivity index (χ1v) is 7.39. The minimum absolute atomic E-state index is 0.125. The van der Waals surface area contributed by atoms with Crippen LogP contribution in [0.15, 0.2) is 58.8 Å². The zero-order chi connectivity index (χ0) is 16.2. The lowest BCUT2D eigenvalue weighted by molar-refractivity contribution is 0.0693. The van der Waals surface area contributed by atoms with E-state index in [2.05, 4.69) is 5.16 Å². The second kappa shape index (κ2) is 6.52. The van der Waals surface area contributed by atoms with Gasteiger partial charge in [0.05, 0.1) is 5.92 Å². The van der Waals surface area contributed by atoms with Gasteiger partial charge in [0.1, 0.15) is 29.4 Å². The second-order valence-electron chi connectivity index (χ2n) is 5.36. The maximum Gasteiger partial charge on any atom is 0.341 e. The van der Waals surface area contributed by atoms with E-state index in [9.17, 15) is 9.90 Å². The summed E-state index contributed by atoms with van der Waals surface area (Å²) in [6.07, 6.45) is 6.36. The van der Waals surface area contributed by atoms with Crippen molar-refractivity contribution in [3.63, 3.8) is 0 Å². The molecule has 1 aliphatic rings. The fraction of sp³-hybridized carbons (Fsp3) is 0.222. The quantitative estimate of drug-likeness (QED) is 0.908. The Bertz CT molecular complexity index is 759. The molecule has 2 aromatic rings. The molecule has 0 aliphatic heterocycles. The summed E-state index contributed by atoms with van der Waals surface area (Å²) in [6, 6.07) is 9.82. The summed E-state index contributed by atoms with van der Waals surface area (Å²) in [6.45, 7) is 2.03. The molecule has 118 valence electrons. The Kier molecular flexibility index (Phi) is 4.28. The molecule has 1 N–H and O–H groups in total. The van der Waals surface area contributed by atoms with Gasteiger partial charge in [0.25, 0.3) is 0 Å².